The van der Waals surface area contributed by atoms with E-state index in [-0.39, 0.29) is 0 Å². The van der Waals surface area contributed by atoms with Crippen molar-refractivity contribution in [3.63, 3.8) is 0 Å². The minimum absolute atomic E-state index is 0.297. The number of carbonyl (C=O) groups is 1. The quantitative estimate of drug-likeness (QED) is 0.807. The van der Waals surface area contributed by atoms with Crippen LogP contribution in [0.1, 0.15) is 27.2 Å². The number of hydrogen-bond acceptors (Lipinski definition) is 2. The summed E-state index contributed by atoms with van der Waals surface area (Å²) in [7, 11) is 0. The highest BCUT2D eigenvalue weighted by Crippen LogP contribution is 2.68. The van der Waals surface area contributed by atoms with E-state index in [0.717, 1.165) is 23.4 Å². The molecule has 0 amide bonds. The molecule has 0 spiro atoms. The molecule has 2 aromatic carbocycles. The average molecular weight is 291 g/mol. The van der Waals surface area contributed by atoms with Crippen LogP contribution in [0.4, 0.5) is 5.69 Å². The number of benzene rings is 2. The van der Waals surface area contributed by atoms with Crippen molar-refractivity contribution in [1.82, 2.24) is 0 Å². The number of fused-ring (bicyclic) bond motifs is 2. The van der Waals surface area contributed by atoms with Crippen LogP contribution in [0.15, 0.2) is 53.7 Å². The van der Waals surface area contributed by atoms with Gasteiger partial charge in [-0.2, -0.15) is 0 Å². The van der Waals surface area contributed by atoms with Crippen LogP contribution in [-0.2, 0) is 4.79 Å². The third-order valence-electron chi connectivity index (χ3n) is 5.58. The van der Waals surface area contributed by atoms with Crippen LogP contribution >= 0.6 is 0 Å². The smallest absolute Gasteiger partial charge is 0.161 e. The van der Waals surface area contributed by atoms with E-state index < -0.39 is 0 Å². The van der Waals surface area contributed by atoms with Gasteiger partial charge in [-0.1, -0.05) is 50.2 Å². The third-order valence-corrected chi connectivity index (χ3v) is 5.58. The van der Waals surface area contributed by atoms with E-state index in [1.807, 2.05) is 6.92 Å². The molecular weight excluding hydrogens is 270 g/mol. The summed E-state index contributed by atoms with van der Waals surface area (Å²) in [5.41, 5.74) is 3.44. The van der Waals surface area contributed by atoms with E-state index in [4.69, 9.17) is 0 Å². The molecule has 2 saturated carbocycles. The third kappa shape index (κ3) is 1.83. The molecule has 2 aliphatic rings. The molecule has 0 saturated heterocycles. The second-order valence-corrected chi connectivity index (χ2v) is 7.22. The molecule has 0 bridgehead atoms. The fourth-order valence-electron chi connectivity index (χ4n) is 4.23. The molecule has 2 atom stereocenters. The number of allylic oxidation sites excluding steroid dienone is 2. The van der Waals surface area contributed by atoms with Gasteiger partial charge in [-0.05, 0) is 35.6 Å². The summed E-state index contributed by atoms with van der Waals surface area (Å²) in [6.07, 6.45) is 0.724. The maximum Gasteiger partial charge on any atom is 0.161 e. The molecule has 2 nitrogen and oxygen atoms in total. The topological polar surface area (TPSA) is 29.1 Å². The first-order valence-corrected chi connectivity index (χ1v) is 7.99. The summed E-state index contributed by atoms with van der Waals surface area (Å²) in [4.78, 5) is 12.3. The number of Topliss-reactive ketones (excluding diaryl/α,β-unsaturated/α-hetero) is 1. The van der Waals surface area contributed by atoms with E-state index in [0.29, 0.717) is 23.0 Å². The van der Waals surface area contributed by atoms with E-state index in [1.165, 1.54) is 10.8 Å². The number of rotatable bonds is 2. The Balaban J connectivity index is 1.74. The Kier molecular flexibility index (Phi) is 2.75. The molecule has 0 aliphatic heterocycles. The molecule has 2 aromatic rings. The van der Waals surface area contributed by atoms with Crippen LogP contribution in [-0.4, -0.2) is 5.78 Å². The van der Waals surface area contributed by atoms with Gasteiger partial charge in [0.05, 0.1) is 0 Å². The highest BCUT2D eigenvalue weighted by molar-refractivity contribution is 6.02. The summed E-state index contributed by atoms with van der Waals surface area (Å²) in [5.74, 6) is 1.33. The zero-order chi connectivity index (χ0) is 15.5. The van der Waals surface area contributed by atoms with Crippen LogP contribution in [0.25, 0.3) is 10.8 Å². The van der Waals surface area contributed by atoms with Gasteiger partial charge in [0.1, 0.15) is 0 Å². The summed E-state index contributed by atoms with van der Waals surface area (Å²) >= 11 is 0. The van der Waals surface area contributed by atoms with Gasteiger partial charge in [0.2, 0.25) is 0 Å². The molecule has 0 radical (unpaired) electrons. The van der Waals surface area contributed by atoms with Gasteiger partial charge in [-0.15, -0.1) is 0 Å². The lowest BCUT2D eigenvalue weighted by Gasteiger charge is -2.15. The highest BCUT2D eigenvalue weighted by Gasteiger charge is 2.65. The van der Waals surface area contributed by atoms with E-state index in [2.05, 4.69) is 61.6 Å². The van der Waals surface area contributed by atoms with Crippen LogP contribution in [0.3, 0.4) is 0 Å². The fraction of sp³-hybridized carbons (Fsp3) is 0.350. The van der Waals surface area contributed by atoms with Crippen molar-refractivity contribution in [3.05, 3.63) is 53.7 Å². The summed E-state index contributed by atoms with van der Waals surface area (Å²) < 4.78 is 0. The molecule has 4 rings (SSSR count). The first kappa shape index (κ1) is 13.6. The Labute approximate surface area is 131 Å². The monoisotopic (exact) mass is 291 g/mol. The van der Waals surface area contributed by atoms with Crippen LogP contribution in [0.2, 0.25) is 0 Å². The predicted octanol–water partition coefficient (Wildman–Crippen LogP) is 4.77. The van der Waals surface area contributed by atoms with Gasteiger partial charge in [-0.3, -0.25) is 4.79 Å². The fourth-order valence-corrected chi connectivity index (χ4v) is 4.23. The van der Waals surface area contributed by atoms with Crippen molar-refractivity contribution in [2.24, 2.45) is 17.3 Å². The lowest BCUT2D eigenvalue weighted by atomic mass is 9.95. The Morgan fingerprint density at radius 1 is 1.14 bits per heavy atom. The summed E-state index contributed by atoms with van der Waals surface area (Å²) in [5, 5.41) is 5.92. The maximum absolute atomic E-state index is 12.3. The summed E-state index contributed by atoms with van der Waals surface area (Å²) in [6.45, 7) is 6.60. The molecule has 2 fully saturated rings. The number of carbonyl (C=O) groups excluding carboxylic acids is 1. The van der Waals surface area contributed by atoms with Crippen molar-refractivity contribution in [3.8, 4) is 0 Å². The second kappa shape index (κ2) is 4.45. The van der Waals surface area contributed by atoms with E-state index in [1.54, 1.807) is 0 Å². The van der Waals surface area contributed by atoms with Crippen LogP contribution in [0.5, 0.6) is 0 Å². The Morgan fingerprint density at radius 3 is 2.64 bits per heavy atom. The molecule has 0 heterocycles. The lowest BCUT2D eigenvalue weighted by molar-refractivity contribution is -0.115. The van der Waals surface area contributed by atoms with Gasteiger partial charge in [-0.25, -0.2) is 0 Å². The largest absolute Gasteiger partial charge is 0.358 e. The number of nitrogens with one attached hydrogen (secondary N) is 1. The normalized spacial score (nSPS) is 27.7. The maximum atomic E-state index is 12.3. The predicted molar refractivity (Wildman–Crippen MR) is 90.7 cm³/mol. The van der Waals surface area contributed by atoms with Crippen molar-refractivity contribution >= 4 is 22.2 Å². The second-order valence-electron chi connectivity index (χ2n) is 7.22. The van der Waals surface area contributed by atoms with Gasteiger partial charge >= 0.3 is 0 Å². The number of hydrogen-bond donors (Lipinski definition) is 1. The summed E-state index contributed by atoms with van der Waals surface area (Å²) in [6, 6.07) is 14.6. The van der Waals surface area contributed by atoms with Gasteiger partial charge in [0.25, 0.3) is 0 Å². The molecule has 112 valence electrons. The van der Waals surface area contributed by atoms with Crippen molar-refractivity contribution in [2.75, 3.05) is 5.32 Å². The van der Waals surface area contributed by atoms with Crippen LogP contribution < -0.4 is 5.32 Å². The van der Waals surface area contributed by atoms with Crippen molar-refractivity contribution in [2.45, 2.75) is 27.2 Å². The van der Waals surface area contributed by atoms with Gasteiger partial charge in [0, 0.05) is 28.8 Å². The Bertz CT molecular complexity index is 810. The lowest BCUT2D eigenvalue weighted by Crippen LogP contribution is -2.12. The molecule has 22 heavy (non-hydrogen) atoms. The first-order valence-electron chi connectivity index (χ1n) is 7.99. The van der Waals surface area contributed by atoms with E-state index in [9.17, 15) is 4.79 Å². The molecule has 0 aromatic heterocycles. The average Bonchev–Trinajstić information content (AvgIpc) is 2.83. The van der Waals surface area contributed by atoms with Gasteiger partial charge < -0.3 is 5.32 Å². The molecule has 2 unspecified atom stereocenters. The zero-order valence-corrected chi connectivity index (χ0v) is 13.3. The minimum atomic E-state index is 0.297. The molecule has 1 N–H and O–H groups in total. The highest BCUT2D eigenvalue weighted by atomic mass is 16.1. The SMILES string of the molecule is CC(Nc1cccc2ccccc12)=C1C(=O)CC2C1C2(C)C. The van der Waals surface area contributed by atoms with Crippen LogP contribution in [0, 0.1) is 17.3 Å². The standard InChI is InChI=1S/C20H21NO/c1-12(18-17(22)11-15-19(18)20(15,2)3)21-16-10-6-8-13-7-4-5-9-14(13)16/h4-10,15,19,21H,11H2,1-3H3. The van der Waals surface area contributed by atoms with Crippen molar-refractivity contribution in [1.29, 1.82) is 0 Å². The minimum Gasteiger partial charge on any atom is -0.358 e. The Morgan fingerprint density at radius 2 is 1.86 bits per heavy atom. The number of ketones is 1. The first-order chi connectivity index (χ1) is 10.5. The number of anilines is 1. The molecule has 2 aliphatic carbocycles. The van der Waals surface area contributed by atoms with Gasteiger partial charge in [0.15, 0.2) is 5.78 Å². The molecule has 2 heteroatoms. The Hall–Kier alpha value is -2.09. The van der Waals surface area contributed by atoms with Crippen molar-refractivity contribution < 1.29 is 4.79 Å². The zero-order valence-electron chi connectivity index (χ0n) is 13.3. The van der Waals surface area contributed by atoms with E-state index >= 15 is 0 Å². The molecular formula is C20H21NO.